The summed E-state index contributed by atoms with van der Waals surface area (Å²) in [5, 5.41) is 2.65. The monoisotopic (exact) mass is 290 g/mol. The average Bonchev–Trinajstić information content (AvgIpc) is 2.26. The molecule has 0 atom stereocenters. The van der Waals surface area contributed by atoms with E-state index < -0.39 is 11.9 Å². The molecule has 0 spiro atoms. The molecule has 0 aromatic heterocycles. The molecule has 0 fully saturated rings. The maximum atomic E-state index is 12.0. The van der Waals surface area contributed by atoms with E-state index in [0.29, 0.717) is 12.1 Å². The lowest BCUT2D eigenvalue weighted by Crippen LogP contribution is -2.45. The van der Waals surface area contributed by atoms with E-state index in [-0.39, 0.29) is 18.1 Å². The Bertz CT molecular complexity index is 450. The highest BCUT2D eigenvalue weighted by Gasteiger charge is 2.30. The Morgan fingerprint density at radius 2 is 1.80 bits per heavy atom. The SMILES string of the molecule is CC(C)(N)CNC(=O)Cc1ccc(OC(F)(F)F)cc1. The Labute approximate surface area is 115 Å². The molecule has 0 bridgehead atoms. The number of hydrogen-bond donors (Lipinski definition) is 2. The van der Waals surface area contributed by atoms with Crippen LogP contribution in [0.1, 0.15) is 19.4 Å². The van der Waals surface area contributed by atoms with E-state index in [9.17, 15) is 18.0 Å². The molecule has 0 saturated carbocycles. The van der Waals surface area contributed by atoms with Crippen molar-refractivity contribution in [2.45, 2.75) is 32.2 Å². The number of amides is 1. The summed E-state index contributed by atoms with van der Waals surface area (Å²) in [4.78, 5) is 11.6. The average molecular weight is 290 g/mol. The predicted octanol–water partition coefficient (Wildman–Crippen LogP) is 1.98. The highest BCUT2D eigenvalue weighted by molar-refractivity contribution is 5.78. The minimum Gasteiger partial charge on any atom is -0.406 e. The molecule has 0 aliphatic carbocycles. The molecule has 3 N–H and O–H groups in total. The van der Waals surface area contributed by atoms with Gasteiger partial charge in [-0.2, -0.15) is 0 Å². The number of rotatable bonds is 5. The molecule has 0 aliphatic heterocycles. The lowest BCUT2D eigenvalue weighted by molar-refractivity contribution is -0.274. The maximum absolute atomic E-state index is 12.0. The number of carbonyl (C=O) groups excluding carboxylic acids is 1. The van der Waals surface area contributed by atoms with Crippen molar-refractivity contribution in [3.63, 3.8) is 0 Å². The minimum absolute atomic E-state index is 0.0718. The van der Waals surface area contributed by atoms with E-state index >= 15 is 0 Å². The molecule has 0 aliphatic rings. The van der Waals surface area contributed by atoms with Crippen LogP contribution in [-0.2, 0) is 11.2 Å². The van der Waals surface area contributed by atoms with Crippen LogP contribution in [0.2, 0.25) is 0 Å². The Morgan fingerprint density at radius 3 is 2.25 bits per heavy atom. The van der Waals surface area contributed by atoms with E-state index in [1.165, 1.54) is 24.3 Å². The van der Waals surface area contributed by atoms with E-state index in [4.69, 9.17) is 5.73 Å². The first-order valence-electron chi connectivity index (χ1n) is 5.95. The van der Waals surface area contributed by atoms with Crippen molar-refractivity contribution < 1.29 is 22.7 Å². The molecular weight excluding hydrogens is 273 g/mol. The first-order chi connectivity index (χ1) is 9.05. The number of ether oxygens (including phenoxy) is 1. The van der Waals surface area contributed by atoms with Gasteiger partial charge in [0.05, 0.1) is 6.42 Å². The van der Waals surface area contributed by atoms with Crippen LogP contribution in [0.3, 0.4) is 0 Å². The van der Waals surface area contributed by atoms with Crippen molar-refractivity contribution in [2.75, 3.05) is 6.54 Å². The zero-order valence-corrected chi connectivity index (χ0v) is 11.3. The van der Waals surface area contributed by atoms with Crippen LogP contribution in [0, 0.1) is 0 Å². The largest absolute Gasteiger partial charge is 0.573 e. The van der Waals surface area contributed by atoms with Gasteiger partial charge in [-0.25, -0.2) is 0 Å². The summed E-state index contributed by atoms with van der Waals surface area (Å²) < 4.78 is 39.6. The molecule has 0 radical (unpaired) electrons. The van der Waals surface area contributed by atoms with Crippen LogP contribution in [0.5, 0.6) is 5.75 Å². The van der Waals surface area contributed by atoms with Crippen LogP contribution in [0.4, 0.5) is 13.2 Å². The highest BCUT2D eigenvalue weighted by atomic mass is 19.4. The molecular formula is C13H17F3N2O2. The van der Waals surface area contributed by atoms with Crippen LogP contribution < -0.4 is 15.8 Å². The Hall–Kier alpha value is -1.76. The van der Waals surface area contributed by atoms with Crippen molar-refractivity contribution in [3.05, 3.63) is 29.8 Å². The van der Waals surface area contributed by atoms with Gasteiger partial charge < -0.3 is 15.8 Å². The van der Waals surface area contributed by atoms with Gasteiger partial charge in [0.15, 0.2) is 0 Å². The van der Waals surface area contributed by atoms with Crippen molar-refractivity contribution in [2.24, 2.45) is 5.73 Å². The van der Waals surface area contributed by atoms with Crippen molar-refractivity contribution in [1.29, 1.82) is 0 Å². The third kappa shape index (κ3) is 6.98. The fourth-order valence-corrected chi connectivity index (χ4v) is 1.38. The molecule has 20 heavy (non-hydrogen) atoms. The van der Waals surface area contributed by atoms with Gasteiger partial charge in [-0.3, -0.25) is 4.79 Å². The lowest BCUT2D eigenvalue weighted by atomic mass is 10.1. The number of benzene rings is 1. The van der Waals surface area contributed by atoms with Crippen molar-refractivity contribution >= 4 is 5.91 Å². The second-order valence-corrected chi connectivity index (χ2v) is 5.13. The Balaban J connectivity index is 2.51. The zero-order chi connectivity index (χ0) is 15.4. The first-order valence-corrected chi connectivity index (χ1v) is 5.95. The number of carbonyl (C=O) groups is 1. The minimum atomic E-state index is -4.72. The van der Waals surface area contributed by atoms with Crippen molar-refractivity contribution in [1.82, 2.24) is 5.32 Å². The Kier molecular flexibility index (Phi) is 4.99. The van der Waals surface area contributed by atoms with Crippen molar-refractivity contribution in [3.8, 4) is 5.75 Å². The topological polar surface area (TPSA) is 64.3 Å². The second-order valence-electron chi connectivity index (χ2n) is 5.13. The van der Waals surface area contributed by atoms with E-state index in [1.807, 2.05) is 0 Å². The summed E-state index contributed by atoms with van der Waals surface area (Å²) in [6.07, 6.45) is -4.64. The van der Waals surface area contributed by atoms with E-state index in [2.05, 4.69) is 10.1 Å². The van der Waals surface area contributed by atoms with E-state index in [1.54, 1.807) is 13.8 Å². The van der Waals surface area contributed by atoms with Gasteiger partial charge in [-0.1, -0.05) is 12.1 Å². The van der Waals surface area contributed by atoms with Gasteiger partial charge in [-0.05, 0) is 31.5 Å². The molecule has 7 heteroatoms. The summed E-state index contributed by atoms with van der Waals surface area (Å²) in [5.41, 5.74) is 5.79. The number of nitrogens with two attached hydrogens (primary N) is 1. The summed E-state index contributed by atoms with van der Waals surface area (Å²) in [7, 11) is 0. The maximum Gasteiger partial charge on any atom is 0.573 e. The lowest BCUT2D eigenvalue weighted by Gasteiger charge is -2.18. The second kappa shape index (κ2) is 6.13. The van der Waals surface area contributed by atoms with Crippen LogP contribution in [0.15, 0.2) is 24.3 Å². The highest BCUT2D eigenvalue weighted by Crippen LogP contribution is 2.22. The van der Waals surface area contributed by atoms with Crippen LogP contribution >= 0.6 is 0 Å². The number of alkyl halides is 3. The number of halogens is 3. The molecule has 0 unspecified atom stereocenters. The number of hydrogen-bond acceptors (Lipinski definition) is 3. The standard InChI is InChI=1S/C13H17F3N2O2/c1-12(2,17)8-18-11(19)7-9-3-5-10(6-4-9)20-13(14,15)16/h3-6H,7-8,17H2,1-2H3,(H,18,19). The first kappa shape index (κ1) is 16.3. The predicted molar refractivity (Wildman–Crippen MR) is 68.1 cm³/mol. The third-order valence-electron chi connectivity index (χ3n) is 2.26. The molecule has 1 aromatic carbocycles. The summed E-state index contributed by atoms with van der Waals surface area (Å²) >= 11 is 0. The quantitative estimate of drug-likeness (QED) is 0.871. The molecule has 112 valence electrons. The third-order valence-corrected chi connectivity index (χ3v) is 2.26. The van der Waals surface area contributed by atoms with Crippen LogP contribution in [0.25, 0.3) is 0 Å². The van der Waals surface area contributed by atoms with Crippen LogP contribution in [-0.4, -0.2) is 24.4 Å². The van der Waals surface area contributed by atoms with Gasteiger partial charge in [0, 0.05) is 12.1 Å². The molecule has 0 saturated heterocycles. The molecule has 1 aromatic rings. The molecule has 4 nitrogen and oxygen atoms in total. The fraction of sp³-hybridized carbons (Fsp3) is 0.462. The normalized spacial score (nSPS) is 12.1. The molecule has 1 rings (SSSR count). The summed E-state index contributed by atoms with van der Waals surface area (Å²) in [5.74, 6) is -0.558. The summed E-state index contributed by atoms with van der Waals surface area (Å²) in [6, 6.07) is 5.16. The van der Waals surface area contributed by atoms with Gasteiger partial charge in [0.1, 0.15) is 5.75 Å². The smallest absolute Gasteiger partial charge is 0.406 e. The molecule has 0 heterocycles. The van der Waals surface area contributed by atoms with Gasteiger partial charge in [0.25, 0.3) is 0 Å². The molecule has 1 amide bonds. The fourth-order valence-electron chi connectivity index (χ4n) is 1.38. The zero-order valence-electron chi connectivity index (χ0n) is 11.3. The van der Waals surface area contributed by atoms with Gasteiger partial charge in [0.2, 0.25) is 5.91 Å². The summed E-state index contributed by atoms with van der Waals surface area (Å²) in [6.45, 7) is 3.87. The Morgan fingerprint density at radius 1 is 1.25 bits per heavy atom. The van der Waals surface area contributed by atoms with E-state index in [0.717, 1.165) is 0 Å². The van der Waals surface area contributed by atoms with Gasteiger partial charge >= 0.3 is 6.36 Å². The van der Waals surface area contributed by atoms with Gasteiger partial charge in [-0.15, -0.1) is 13.2 Å². The number of nitrogens with one attached hydrogen (secondary N) is 1.